The molecule has 0 amide bonds. The van der Waals surface area contributed by atoms with Gasteiger partial charge in [-0.3, -0.25) is 4.79 Å². The number of benzene rings is 2. The second-order valence-corrected chi connectivity index (χ2v) is 9.43. The highest BCUT2D eigenvalue weighted by atomic mass is 19.1. The van der Waals surface area contributed by atoms with Crippen LogP contribution in [0.4, 0.5) is 15.9 Å². The van der Waals surface area contributed by atoms with Crippen LogP contribution in [-0.2, 0) is 6.54 Å². The van der Waals surface area contributed by atoms with Crippen LogP contribution in [0.25, 0.3) is 16.6 Å². The average Bonchev–Trinajstić information content (AvgIpc) is 2.90. The lowest BCUT2D eigenvalue weighted by Gasteiger charge is -2.37. The molecule has 2 aromatic carbocycles. The van der Waals surface area contributed by atoms with E-state index in [9.17, 15) is 14.7 Å². The van der Waals surface area contributed by atoms with Crippen molar-refractivity contribution >= 4 is 28.4 Å². The lowest BCUT2D eigenvalue weighted by molar-refractivity contribution is 0.0695. The van der Waals surface area contributed by atoms with Gasteiger partial charge in [0.1, 0.15) is 17.2 Å². The maximum atomic E-state index is 15.4. The number of hydrogen-bond donors (Lipinski definition) is 1. The number of halogens is 1. The number of nitrogens with zero attached hydrogens (tertiary/aromatic N) is 5. The smallest absolute Gasteiger partial charge is 0.341 e. The summed E-state index contributed by atoms with van der Waals surface area (Å²) in [4.78, 5) is 35.4. The normalized spacial score (nSPS) is 13.9. The quantitative estimate of drug-likeness (QED) is 0.432. The van der Waals surface area contributed by atoms with E-state index >= 15 is 4.39 Å². The van der Waals surface area contributed by atoms with Gasteiger partial charge in [-0.25, -0.2) is 14.2 Å². The second-order valence-electron chi connectivity index (χ2n) is 9.43. The van der Waals surface area contributed by atoms with E-state index in [1.165, 1.54) is 12.3 Å². The van der Waals surface area contributed by atoms with Crippen LogP contribution >= 0.6 is 0 Å². The Bertz CT molecular complexity index is 1490. The molecule has 2 aromatic heterocycles. The zero-order valence-corrected chi connectivity index (χ0v) is 20.8. The number of rotatable bonds is 6. The molecule has 8 nitrogen and oxygen atoms in total. The Morgan fingerprint density at radius 3 is 2.35 bits per heavy atom. The third kappa shape index (κ3) is 4.90. The molecule has 0 bridgehead atoms. The van der Waals surface area contributed by atoms with Crippen LogP contribution in [0.15, 0.2) is 71.8 Å². The predicted molar refractivity (Wildman–Crippen MR) is 143 cm³/mol. The van der Waals surface area contributed by atoms with Gasteiger partial charge in [0.2, 0.25) is 5.43 Å². The van der Waals surface area contributed by atoms with E-state index < -0.39 is 22.8 Å². The minimum atomic E-state index is -1.35. The van der Waals surface area contributed by atoms with Crippen molar-refractivity contribution in [3.05, 3.63) is 94.2 Å². The summed E-state index contributed by atoms with van der Waals surface area (Å²) < 4.78 is 17.0. The van der Waals surface area contributed by atoms with Gasteiger partial charge in [-0.1, -0.05) is 18.2 Å². The molecule has 0 atom stereocenters. The first-order valence-corrected chi connectivity index (χ1v) is 12.1. The van der Waals surface area contributed by atoms with Crippen LogP contribution in [0.3, 0.4) is 0 Å². The van der Waals surface area contributed by atoms with Gasteiger partial charge in [-0.2, -0.15) is 0 Å². The molecule has 3 heterocycles. The summed E-state index contributed by atoms with van der Waals surface area (Å²) in [6, 6.07) is 16.3. The van der Waals surface area contributed by atoms with Gasteiger partial charge in [0.05, 0.1) is 11.2 Å². The van der Waals surface area contributed by atoms with E-state index in [1.54, 1.807) is 16.8 Å². The van der Waals surface area contributed by atoms with E-state index in [-0.39, 0.29) is 5.39 Å². The van der Waals surface area contributed by atoms with Crippen molar-refractivity contribution in [1.82, 2.24) is 14.5 Å². The molecule has 0 unspecified atom stereocenters. The van der Waals surface area contributed by atoms with Crippen LogP contribution in [0, 0.1) is 5.82 Å². The summed E-state index contributed by atoms with van der Waals surface area (Å²) in [5, 5.41) is 9.69. The predicted octanol–water partition coefficient (Wildman–Crippen LogP) is 3.61. The molecule has 0 radical (unpaired) electrons. The van der Waals surface area contributed by atoms with E-state index in [4.69, 9.17) is 0 Å². The van der Waals surface area contributed by atoms with Gasteiger partial charge in [-0.05, 0) is 56.1 Å². The molecule has 1 saturated heterocycles. The highest BCUT2D eigenvalue weighted by Gasteiger charge is 2.23. The van der Waals surface area contributed by atoms with Gasteiger partial charge >= 0.3 is 5.97 Å². The monoisotopic (exact) mass is 501 g/mol. The fourth-order valence-electron chi connectivity index (χ4n) is 4.79. The molecule has 1 fully saturated rings. The second kappa shape index (κ2) is 10.0. The van der Waals surface area contributed by atoms with Gasteiger partial charge in [-0.15, -0.1) is 0 Å². The van der Waals surface area contributed by atoms with Crippen LogP contribution in [0.5, 0.6) is 0 Å². The first kappa shape index (κ1) is 24.5. The van der Waals surface area contributed by atoms with Crippen molar-refractivity contribution in [2.24, 2.45) is 0 Å². The van der Waals surface area contributed by atoms with Crippen LogP contribution in [-0.4, -0.2) is 65.8 Å². The van der Waals surface area contributed by atoms with Gasteiger partial charge < -0.3 is 24.4 Å². The van der Waals surface area contributed by atoms with Crippen molar-refractivity contribution in [2.45, 2.75) is 6.54 Å². The summed E-state index contributed by atoms with van der Waals surface area (Å²) in [5.41, 5.74) is 1.52. The Labute approximate surface area is 213 Å². The Balaban J connectivity index is 1.55. The third-order valence-corrected chi connectivity index (χ3v) is 6.61. The van der Waals surface area contributed by atoms with E-state index in [0.717, 1.165) is 17.9 Å². The standard InChI is InChI=1S/C28H28FN5O3/c1-31(2)17-19-6-8-20(9-7-19)34-18-22(28(36)37)27(35)21-15-23(29)25(16-24(21)34)32-11-13-33(14-12-32)26-5-3-4-10-30-26/h3-10,15-16,18H,11-14,17H2,1-2H3,(H,36,37). The van der Waals surface area contributed by atoms with Gasteiger partial charge in [0, 0.05) is 56.2 Å². The molecule has 0 spiro atoms. The van der Waals surface area contributed by atoms with E-state index in [1.807, 2.05) is 61.5 Å². The average molecular weight is 502 g/mol. The Morgan fingerprint density at radius 1 is 1.03 bits per heavy atom. The Morgan fingerprint density at radius 2 is 1.73 bits per heavy atom. The van der Waals surface area contributed by atoms with E-state index in [2.05, 4.69) is 14.8 Å². The summed E-state index contributed by atoms with van der Waals surface area (Å²) >= 11 is 0. The maximum Gasteiger partial charge on any atom is 0.341 e. The van der Waals surface area contributed by atoms with Crippen molar-refractivity contribution in [2.75, 3.05) is 50.1 Å². The molecular weight excluding hydrogens is 473 g/mol. The highest BCUT2D eigenvalue weighted by Crippen LogP contribution is 2.28. The largest absolute Gasteiger partial charge is 0.477 e. The first-order valence-electron chi connectivity index (χ1n) is 12.1. The van der Waals surface area contributed by atoms with Crippen molar-refractivity contribution in [1.29, 1.82) is 0 Å². The van der Waals surface area contributed by atoms with Crippen molar-refractivity contribution in [3.8, 4) is 5.69 Å². The third-order valence-electron chi connectivity index (χ3n) is 6.61. The number of carboxylic acid groups (broad SMARTS) is 1. The molecular formula is C28H28FN5O3. The number of piperazine rings is 1. The zero-order chi connectivity index (χ0) is 26.1. The minimum absolute atomic E-state index is 0.0330. The summed E-state index contributed by atoms with van der Waals surface area (Å²) in [5.74, 6) is -1.01. The molecule has 9 heteroatoms. The number of fused-ring (bicyclic) bond motifs is 1. The van der Waals surface area contributed by atoms with Crippen LogP contribution in [0.1, 0.15) is 15.9 Å². The number of carbonyl (C=O) groups is 1. The van der Waals surface area contributed by atoms with Crippen molar-refractivity contribution in [3.63, 3.8) is 0 Å². The molecule has 1 N–H and O–H groups in total. The number of hydrogen-bond acceptors (Lipinski definition) is 6. The number of anilines is 2. The fraction of sp³-hybridized carbons (Fsp3) is 0.250. The molecule has 1 aliphatic rings. The van der Waals surface area contributed by atoms with Crippen molar-refractivity contribution < 1.29 is 14.3 Å². The molecule has 0 aliphatic carbocycles. The molecule has 190 valence electrons. The molecule has 37 heavy (non-hydrogen) atoms. The topological polar surface area (TPSA) is 81.9 Å². The number of pyridine rings is 2. The molecule has 0 saturated carbocycles. The van der Waals surface area contributed by atoms with Crippen LogP contribution < -0.4 is 15.2 Å². The number of aromatic carboxylic acids is 1. The van der Waals surface area contributed by atoms with Gasteiger partial charge in [0.15, 0.2) is 0 Å². The lowest BCUT2D eigenvalue weighted by atomic mass is 10.1. The number of aromatic nitrogens is 2. The van der Waals surface area contributed by atoms with E-state index in [0.29, 0.717) is 43.1 Å². The lowest BCUT2D eigenvalue weighted by Crippen LogP contribution is -2.47. The minimum Gasteiger partial charge on any atom is -0.477 e. The molecule has 4 aromatic rings. The Hall–Kier alpha value is -4.24. The highest BCUT2D eigenvalue weighted by molar-refractivity contribution is 5.94. The van der Waals surface area contributed by atoms with Gasteiger partial charge in [0.25, 0.3) is 0 Å². The Kier molecular flexibility index (Phi) is 6.62. The summed E-state index contributed by atoms with van der Waals surface area (Å²) in [6.07, 6.45) is 3.08. The summed E-state index contributed by atoms with van der Waals surface area (Å²) in [7, 11) is 3.96. The molecule has 5 rings (SSSR count). The number of carboxylic acids is 1. The zero-order valence-electron chi connectivity index (χ0n) is 20.8. The molecule has 1 aliphatic heterocycles. The fourth-order valence-corrected chi connectivity index (χ4v) is 4.79. The van der Waals surface area contributed by atoms with Crippen LogP contribution in [0.2, 0.25) is 0 Å². The first-order chi connectivity index (χ1) is 17.8. The SMILES string of the molecule is CN(C)Cc1ccc(-n2cc(C(=O)O)c(=O)c3cc(F)c(N4CCN(c5ccccn5)CC4)cc32)cc1. The summed E-state index contributed by atoms with van der Waals surface area (Å²) in [6.45, 7) is 3.26. The maximum absolute atomic E-state index is 15.4.